The van der Waals surface area contributed by atoms with E-state index in [0.717, 1.165) is 19.3 Å². The van der Waals surface area contributed by atoms with E-state index < -0.39 is 0 Å². The van der Waals surface area contributed by atoms with Crippen molar-refractivity contribution in [2.45, 2.75) is 65.7 Å². The maximum atomic E-state index is 10.9. The summed E-state index contributed by atoms with van der Waals surface area (Å²) in [5.41, 5.74) is 0. The Labute approximate surface area is 89.3 Å². The molecule has 1 atom stereocenters. The van der Waals surface area contributed by atoms with Crippen LogP contribution in [-0.2, 0) is 4.79 Å². The Morgan fingerprint density at radius 2 is 1.64 bits per heavy atom. The fourth-order valence-corrected chi connectivity index (χ4v) is 2.12. The molecule has 1 nitrogen and oxygen atoms in total. The minimum atomic E-state index is 0.321. The van der Waals surface area contributed by atoms with Crippen LogP contribution in [0.25, 0.3) is 0 Å². The number of unbranched alkanes of at least 4 members (excludes halogenated alkanes) is 3. The van der Waals surface area contributed by atoms with Crippen LogP contribution in [0, 0.1) is 11.8 Å². The van der Waals surface area contributed by atoms with Gasteiger partial charge in [0, 0.05) is 5.92 Å². The second-order valence-electron chi connectivity index (χ2n) is 4.23. The lowest BCUT2D eigenvalue weighted by Crippen LogP contribution is -2.14. The van der Waals surface area contributed by atoms with Crippen LogP contribution in [0.15, 0.2) is 0 Å². The second-order valence-corrected chi connectivity index (χ2v) is 4.23. The van der Waals surface area contributed by atoms with E-state index in [1.807, 2.05) is 0 Å². The maximum absolute atomic E-state index is 10.9. The van der Waals surface area contributed by atoms with Crippen molar-refractivity contribution >= 4 is 6.29 Å². The molecule has 0 bridgehead atoms. The lowest BCUT2D eigenvalue weighted by atomic mass is 9.85. The molecule has 0 aromatic heterocycles. The summed E-state index contributed by atoms with van der Waals surface area (Å²) in [4.78, 5) is 10.9. The molecule has 0 aliphatic carbocycles. The van der Waals surface area contributed by atoms with Gasteiger partial charge in [-0.1, -0.05) is 59.3 Å². The summed E-state index contributed by atoms with van der Waals surface area (Å²) in [6.07, 6.45) is 9.70. The van der Waals surface area contributed by atoms with Crippen molar-refractivity contribution in [3.05, 3.63) is 0 Å². The topological polar surface area (TPSA) is 17.1 Å². The van der Waals surface area contributed by atoms with Gasteiger partial charge in [-0.25, -0.2) is 0 Å². The summed E-state index contributed by atoms with van der Waals surface area (Å²) >= 11 is 0. The Kier molecular flexibility index (Phi) is 9.02. The molecule has 0 heterocycles. The molecule has 1 unspecified atom stereocenters. The van der Waals surface area contributed by atoms with Gasteiger partial charge < -0.3 is 4.79 Å². The van der Waals surface area contributed by atoms with Gasteiger partial charge in [-0.3, -0.25) is 0 Å². The van der Waals surface area contributed by atoms with Gasteiger partial charge in [0.25, 0.3) is 0 Å². The van der Waals surface area contributed by atoms with E-state index in [1.54, 1.807) is 0 Å². The molecule has 0 aromatic rings. The van der Waals surface area contributed by atoms with Crippen LogP contribution >= 0.6 is 0 Å². The van der Waals surface area contributed by atoms with Gasteiger partial charge in [0.05, 0.1) is 0 Å². The van der Waals surface area contributed by atoms with E-state index in [9.17, 15) is 4.79 Å². The lowest BCUT2D eigenvalue weighted by Gasteiger charge is -2.19. The van der Waals surface area contributed by atoms with Crippen molar-refractivity contribution in [1.82, 2.24) is 0 Å². The van der Waals surface area contributed by atoms with Crippen LogP contribution in [-0.4, -0.2) is 6.29 Å². The number of hydrogen-bond acceptors (Lipinski definition) is 1. The molecule has 14 heavy (non-hydrogen) atoms. The fraction of sp³-hybridized carbons (Fsp3) is 0.923. The molecule has 0 radical (unpaired) electrons. The summed E-state index contributed by atoms with van der Waals surface area (Å²) in [5, 5.41) is 0. The molecular formula is C13H26O. The second kappa shape index (κ2) is 9.23. The minimum absolute atomic E-state index is 0.321. The Morgan fingerprint density at radius 1 is 1.00 bits per heavy atom. The largest absolute Gasteiger partial charge is 0.303 e. The molecule has 0 saturated heterocycles. The summed E-state index contributed by atoms with van der Waals surface area (Å²) in [6.45, 7) is 6.60. The van der Waals surface area contributed by atoms with E-state index in [-0.39, 0.29) is 0 Å². The number of carbonyl (C=O) groups is 1. The SMILES string of the molecule is CCCCCCC(C=O)C(CC)CC. The third-order valence-electron chi connectivity index (χ3n) is 3.22. The zero-order valence-electron chi connectivity index (χ0n) is 10.1. The highest BCUT2D eigenvalue weighted by Crippen LogP contribution is 2.23. The first-order valence-corrected chi connectivity index (χ1v) is 6.25. The first-order chi connectivity index (χ1) is 6.79. The molecular weight excluding hydrogens is 172 g/mol. The van der Waals surface area contributed by atoms with E-state index >= 15 is 0 Å². The molecule has 0 amide bonds. The molecule has 0 rings (SSSR count). The highest BCUT2D eigenvalue weighted by molar-refractivity contribution is 5.53. The van der Waals surface area contributed by atoms with Crippen molar-refractivity contribution in [3.8, 4) is 0 Å². The predicted octanol–water partition coefficient (Wildman–Crippen LogP) is 4.21. The fourth-order valence-electron chi connectivity index (χ4n) is 2.12. The molecule has 0 fully saturated rings. The number of rotatable bonds is 9. The number of carbonyl (C=O) groups excluding carboxylic acids is 1. The van der Waals surface area contributed by atoms with Gasteiger partial charge in [0.1, 0.15) is 6.29 Å². The maximum Gasteiger partial charge on any atom is 0.123 e. The molecule has 0 spiro atoms. The Balaban J connectivity index is 3.71. The van der Waals surface area contributed by atoms with Crippen LogP contribution in [0.4, 0.5) is 0 Å². The van der Waals surface area contributed by atoms with E-state index in [0.29, 0.717) is 11.8 Å². The number of aldehydes is 1. The van der Waals surface area contributed by atoms with E-state index in [1.165, 1.54) is 32.0 Å². The predicted molar refractivity (Wildman–Crippen MR) is 62.4 cm³/mol. The quantitative estimate of drug-likeness (QED) is 0.400. The standard InChI is InChI=1S/C13H26O/c1-4-7-8-9-10-13(11-14)12(5-2)6-3/h11-13H,4-10H2,1-3H3. The van der Waals surface area contributed by atoms with Crippen molar-refractivity contribution in [3.63, 3.8) is 0 Å². The lowest BCUT2D eigenvalue weighted by molar-refractivity contribution is -0.112. The highest BCUT2D eigenvalue weighted by atomic mass is 16.1. The van der Waals surface area contributed by atoms with Crippen molar-refractivity contribution in [2.24, 2.45) is 11.8 Å². The van der Waals surface area contributed by atoms with Gasteiger partial charge in [0.2, 0.25) is 0 Å². The third-order valence-corrected chi connectivity index (χ3v) is 3.22. The van der Waals surface area contributed by atoms with Gasteiger partial charge >= 0.3 is 0 Å². The third kappa shape index (κ3) is 5.41. The van der Waals surface area contributed by atoms with Gasteiger partial charge in [-0.15, -0.1) is 0 Å². The monoisotopic (exact) mass is 198 g/mol. The van der Waals surface area contributed by atoms with Gasteiger partial charge in [-0.2, -0.15) is 0 Å². The molecule has 84 valence electrons. The zero-order chi connectivity index (χ0) is 10.8. The van der Waals surface area contributed by atoms with E-state index in [4.69, 9.17) is 0 Å². The van der Waals surface area contributed by atoms with Crippen LogP contribution in [0.3, 0.4) is 0 Å². The average Bonchev–Trinajstić information content (AvgIpc) is 2.23. The van der Waals surface area contributed by atoms with Crippen molar-refractivity contribution in [2.75, 3.05) is 0 Å². The van der Waals surface area contributed by atoms with Crippen LogP contribution in [0.2, 0.25) is 0 Å². The first kappa shape index (κ1) is 13.7. The van der Waals surface area contributed by atoms with Gasteiger partial charge in [-0.05, 0) is 12.3 Å². The Bertz CT molecular complexity index is 127. The Morgan fingerprint density at radius 3 is 2.07 bits per heavy atom. The first-order valence-electron chi connectivity index (χ1n) is 6.25. The van der Waals surface area contributed by atoms with Crippen molar-refractivity contribution in [1.29, 1.82) is 0 Å². The summed E-state index contributed by atoms with van der Waals surface area (Å²) < 4.78 is 0. The molecule has 1 heteroatoms. The van der Waals surface area contributed by atoms with Crippen LogP contribution in [0.1, 0.15) is 65.7 Å². The summed E-state index contributed by atoms with van der Waals surface area (Å²) in [7, 11) is 0. The molecule has 0 aromatic carbocycles. The smallest absolute Gasteiger partial charge is 0.123 e. The molecule has 0 saturated carbocycles. The number of hydrogen-bond donors (Lipinski definition) is 0. The van der Waals surface area contributed by atoms with Crippen molar-refractivity contribution < 1.29 is 4.79 Å². The van der Waals surface area contributed by atoms with Crippen LogP contribution in [0.5, 0.6) is 0 Å². The minimum Gasteiger partial charge on any atom is -0.303 e. The highest BCUT2D eigenvalue weighted by Gasteiger charge is 2.16. The van der Waals surface area contributed by atoms with Crippen LogP contribution < -0.4 is 0 Å². The zero-order valence-corrected chi connectivity index (χ0v) is 10.1. The normalized spacial score (nSPS) is 13.1. The Hall–Kier alpha value is -0.330. The summed E-state index contributed by atoms with van der Waals surface area (Å²) in [5.74, 6) is 0.941. The molecule has 0 aliphatic rings. The average molecular weight is 198 g/mol. The molecule has 0 N–H and O–H groups in total. The van der Waals surface area contributed by atoms with Gasteiger partial charge in [0.15, 0.2) is 0 Å². The summed E-state index contributed by atoms with van der Waals surface area (Å²) in [6, 6.07) is 0. The van der Waals surface area contributed by atoms with E-state index in [2.05, 4.69) is 20.8 Å². The molecule has 0 aliphatic heterocycles.